The first kappa shape index (κ1) is 10.7. The lowest BCUT2D eigenvalue weighted by molar-refractivity contribution is -0.599. The van der Waals surface area contributed by atoms with Gasteiger partial charge in [0.05, 0.1) is 12.4 Å². The van der Waals surface area contributed by atoms with Gasteiger partial charge in [-0.25, -0.2) is 4.57 Å². The van der Waals surface area contributed by atoms with E-state index in [1.54, 1.807) is 0 Å². The summed E-state index contributed by atoms with van der Waals surface area (Å²) in [6.07, 6.45) is 5.89. The zero-order valence-corrected chi connectivity index (χ0v) is 9.90. The molecule has 3 aromatic rings. The molecule has 86 valence electrons. The van der Waals surface area contributed by atoms with E-state index >= 15 is 0 Å². The Hall–Kier alpha value is -2.48. The second kappa shape index (κ2) is 4.80. The molecule has 0 saturated heterocycles. The molecule has 0 aliphatic heterocycles. The van der Waals surface area contributed by atoms with Crippen LogP contribution in [0.2, 0.25) is 0 Å². The maximum atomic E-state index is 4.49. The topological polar surface area (TPSA) is 16.8 Å². The Labute approximate surface area is 106 Å². The summed E-state index contributed by atoms with van der Waals surface area (Å²) in [7, 11) is 0. The van der Waals surface area contributed by atoms with Gasteiger partial charge >= 0.3 is 5.82 Å². The van der Waals surface area contributed by atoms with Gasteiger partial charge in [-0.15, -0.1) is 0 Å². The molecule has 2 heteroatoms. The molecule has 0 saturated carbocycles. The Balaban J connectivity index is 1.95. The molecule has 0 radical (unpaired) electrons. The molecule has 18 heavy (non-hydrogen) atoms. The largest absolute Gasteiger partial charge is 0.327 e. The number of benzene rings is 1. The van der Waals surface area contributed by atoms with Crippen LogP contribution in [0, 0.1) is 0 Å². The van der Waals surface area contributed by atoms with Crippen LogP contribution >= 0.6 is 0 Å². The van der Waals surface area contributed by atoms with Crippen LogP contribution in [0.15, 0.2) is 79.3 Å². The second-order valence-electron chi connectivity index (χ2n) is 4.05. The summed E-state index contributed by atoms with van der Waals surface area (Å²) in [6.45, 7) is 0. The maximum absolute atomic E-state index is 4.49. The normalized spacial score (nSPS) is 10.2. The standard InChI is InChI=1S/C16H13N2/c1-3-7-14(8-4-1)15-9-10-16(17-13-15)18-11-5-2-6-12-18/h1-13H/q+1/i18+1. The summed E-state index contributed by atoms with van der Waals surface area (Å²) in [5.74, 6) is 0.926. The second-order valence-corrected chi connectivity index (χ2v) is 4.05. The summed E-state index contributed by atoms with van der Waals surface area (Å²) in [4.78, 5) is 4.49. The molecule has 2 heterocycles. The van der Waals surface area contributed by atoms with Gasteiger partial charge in [-0.3, -0.25) is 0 Å². The number of pyridine rings is 2. The van der Waals surface area contributed by atoms with Gasteiger partial charge in [0.25, 0.3) is 0 Å². The monoisotopic (exact) mass is 234 g/mol. The van der Waals surface area contributed by atoms with E-state index in [1.165, 1.54) is 5.56 Å². The first-order valence-electron chi connectivity index (χ1n) is 5.92. The van der Waals surface area contributed by atoms with E-state index in [0.29, 0.717) is 0 Å². The highest BCUT2D eigenvalue weighted by atomic mass is 15.7. The fourth-order valence-electron chi connectivity index (χ4n) is 1.89. The van der Waals surface area contributed by atoms with Crippen molar-refractivity contribution < 1.29 is 4.57 Å². The Morgan fingerprint density at radius 2 is 1.39 bits per heavy atom. The lowest BCUT2D eigenvalue weighted by Crippen LogP contribution is -2.30. The van der Waals surface area contributed by atoms with Gasteiger partial charge in [0.2, 0.25) is 0 Å². The molecule has 1 aromatic carbocycles. The third-order valence-electron chi connectivity index (χ3n) is 2.84. The van der Waals surface area contributed by atoms with E-state index in [2.05, 4.69) is 23.2 Å². The van der Waals surface area contributed by atoms with E-state index in [1.807, 2.05) is 65.6 Å². The van der Waals surface area contributed by atoms with Gasteiger partial charge in [-0.2, -0.15) is 0 Å². The fraction of sp³-hybridized carbons (Fsp3) is 0. The molecule has 0 bridgehead atoms. The molecule has 0 unspecified atom stereocenters. The minimum absolute atomic E-state index is 0.926. The highest BCUT2D eigenvalue weighted by molar-refractivity contribution is 5.62. The molecule has 0 atom stereocenters. The van der Waals surface area contributed by atoms with Gasteiger partial charge in [-0.05, 0) is 28.7 Å². The van der Waals surface area contributed by atoms with E-state index in [9.17, 15) is 0 Å². The van der Waals surface area contributed by atoms with E-state index in [0.717, 1.165) is 11.4 Å². The van der Waals surface area contributed by atoms with Crippen molar-refractivity contribution in [2.75, 3.05) is 0 Å². The Kier molecular flexibility index (Phi) is 2.84. The summed E-state index contributed by atoms with van der Waals surface area (Å²) in [5, 5.41) is 0. The third-order valence-corrected chi connectivity index (χ3v) is 2.84. The van der Waals surface area contributed by atoms with Crippen LogP contribution < -0.4 is 4.57 Å². The van der Waals surface area contributed by atoms with Gasteiger partial charge in [-0.1, -0.05) is 36.4 Å². The van der Waals surface area contributed by atoms with Crippen molar-refractivity contribution >= 4 is 0 Å². The highest BCUT2D eigenvalue weighted by Crippen LogP contribution is 2.17. The predicted octanol–water partition coefficient (Wildman–Crippen LogP) is 3.03. The lowest BCUT2D eigenvalue weighted by Gasteiger charge is -1.99. The number of hydrogen-bond acceptors (Lipinski definition) is 1. The number of aromatic nitrogens is 2. The molecular formula is C16H13N2+. The minimum atomic E-state index is 0.926. The molecule has 0 N–H and O–H groups in total. The van der Waals surface area contributed by atoms with Crippen molar-refractivity contribution in [3.8, 4) is 16.9 Å². The van der Waals surface area contributed by atoms with Crippen molar-refractivity contribution in [2.24, 2.45) is 0 Å². The summed E-state index contributed by atoms with van der Waals surface area (Å²) < 4.78 is 1.99. The van der Waals surface area contributed by atoms with Crippen molar-refractivity contribution in [2.45, 2.75) is 0 Å². The average Bonchev–Trinajstić information content (AvgIpc) is 2.49. The quantitative estimate of drug-likeness (QED) is 0.623. The molecule has 2 aromatic heterocycles. The third kappa shape index (κ3) is 2.13. The van der Waals surface area contributed by atoms with Crippen LogP contribution in [-0.2, 0) is 0 Å². The van der Waals surface area contributed by atoms with E-state index < -0.39 is 0 Å². The number of rotatable bonds is 2. The molecule has 2 nitrogen and oxygen atoms in total. The zero-order valence-electron chi connectivity index (χ0n) is 9.90. The van der Waals surface area contributed by atoms with Crippen molar-refractivity contribution in [3.05, 3.63) is 79.3 Å². The smallest absolute Gasteiger partial charge is 0.203 e. The summed E-state index contributed by atoms with van der Waals surface area (Å²) >= 11 is 0. The molecule has 0 spiro atoms. The van der Waals surface area contributed by atoms with Crippen LogP contribution in [-0.4, -0.2) is 4.98 Å². The maximum Gasteiger partial charge on any atom is 0.327 e. The first-order chi connectivity index (χ1) is 8.93. The SMILES string of the molecule is c1ccc(-c2ccc(-[15n+]3ccccc3)nc2)cc1. The number of hydrogen-bond donors (Lipinski definition) is 0. The van der Waals surface area contributed by atoms with Crippen LogP contribution in [0.4, 0.5) is 0 Å². The molecular weight excluding hydrogens is 221 g/mol. The summed E-state index contributed by atoms with van der Waals surface area (Å²) in [6, 6.07) is 20.4. The van der Waals surface area contributed by atoms with Crippen molar-refractivity contribution in [1.82, 2.24) is 4.98 Å². The van der Waals surface area contributed by atoms with Gasteiger partial charge in [0.1, 0.15) is 6.20 Å². The average molecular weight is 234 g/mol. The zero-order chi connectivity index (χ0) is 12.2. The molecule has 0 aliphatic carbocycles. The van der Waals surface area contributed by atoms with Gasteiger partial charge in [0.15, 0.2) is 0 Å². The number of nitrogens with zero attached hydrogens (tertiary/aromatic N) is 2. The lowest BCUT2D eigenvalue weighted by atomic mass is 10.1. The van der Waals surface area contributed by atoms with Crippen molar-refractivity contribution in [3.63, 3.8) is 0 Å². The molecule has 0 fully saturated rings. The molecule has 3 rings (SSSR count). The summed E-state index contributed by atoms with van der Waals surface area (Å²) in [5.41, 5.74) is 2.32. The predicted molar refractivity (Wildman–Crippen MR) is 71.2 cm³/mol. The van der Waals surface area contributed by atoms with Crippen LogP contribution in [0.1, 0.15) is 0 Å². The minimum Gasteiger partial charge on any atom is -0.203 e. The molecule has 0 aliphatic rings. The van der Waals surface area contributed by atoms with Gasteiger partial charge < -0.3 is 0 Å². The Morgan fingerprint density at radius 3 is 2.06 bits per heavy atom. The van der Waals surface area contributed by atoms with Crippen LogP contribution in [0.25, 0.3) is 16.9 Å². The Morgan fingerprint density at radius 1 is 0.667 bits per heavy atom. The Bertz CT molecular complexity index is 558. The van der Waals surface area contributed by atoms with E-state index in [4.69, 9.17) is 0 Å². The van der Waals surface area contributed by atoms with Crippen molar-refractivity contribution in [1.29, 1.82) is 0 Å². The highest BCUT2D eigenvalue weighted by Gasteiger charge is 2.06. The van der Waals surface area contributed by atoms with Crippen LogP contribution in [0.3, 0.4) is 0 Å². The van der Waals surface area contributed by atoms with Gasteiger partial charge in [0, 0.05) is 11.6 Å². The fourth-order valence-corrected chi connectivity index (χ4v) is 1.89. The van der Waals surface area contributed by atoms with E-state index in [-0.39, 0.29) is 0 Å². The van der Waals surface area contributed by atoms with Crippen LogP contribution in [0.5, 0.6) is 0 Å². The molecule has 0 amide bonds. The first-order valence-corrected chi connectivity index (χ1v) is 5.92.